The van der Waals surface area contributed by atoms with Gasteiger partial charge < -0.3 is 25.2 Å². The zero-order valence-electron chi connectivity index (χ0n) is 25.4. The van der Waals surface area contributed by atoms with Crippen LogP contribution >= 0.6 is 0 Å². The van der Waals surface area contributed by atoms with Gasteiger partial charge in [-0.2, -0.15) is 8.78 Å². The van der Waals surface area contributed by atoms with E-state index in [-0.39, 0.29) is 42.7 Å². The highest BCUT2D eigenvalue weighted by molar-refractivity contribution is 5.98. The molecule has 246 valence electrons. The molecule has 0 radical (unpaired) electrons. The van der Waals surface area contributed by atoms with E-state index in [1.165, 1.54) is 19.2 Å². The second-order valence-electron chi connectivity index (χ2n) is 11.8. The highest BCUT2D eigenvalue weighted by Gasteiger charge is 2.46. The number of alkyl halides is 4. The molecule has 1 saturated heterocycles. The van der Waals surface area contributed by atoms with Gasteiger partial charge in [0, 0.05) is 63.3 Å². The second kappa shape index (κ2) is 14.1. The first-order chi connectivity index (χ1) is 21.2. The number of amides is 3. The summed E-state index contributed by atoms with van der Waals surface area (Å²) >= 11 is 0. The van der Waals surface area contributed by atoms with Crippen molar-refractivity contribution in [1.29, 1.82) is 0 Å². The van der Waals surface area contributed by atoms with Gasteiger partial charge in [0.2, 0.25) is 23.6 Å². The van der Waals surface area contributed by atoms with Gasteiger partial charge in [0.25, 0.3) is 5.91 Å². The van der Waals surface area contributed by atoms with Gasteiger partial charge in [-0.3, -0.25) is 14.4 Å². The number of benzene rings is 1. The van der Waals surface area contributed by atoms with Gasteiger partial charge in [-0.25, -0.2) is 18.2 Å². The van der Waals surface area contributed by atoms with Crippen LogP contribution in [0.5, 0.6) is 5.88 Å². The molecule has 3 amide bonds. The molecule has 1 aromatic carbocycles. The zero-order chi connectivity index (χ0) is 32.9. The quantitative estimate of drug-likeness (QED) is 0.371. The van der Waals surface area contributed by atoms with Crippen molar-refractivity contribution in [3.63, 3.8) is 0 Å². The van der Waals surface area contributed by atoms with Crippen molar-refractivity contribution in [2.45, 2.75) is 62.8 Å². The number of rotatable bonds is 10. The third-order valence-electron chi connectivity index (χ3n) is 8.55. The van der Waals surface area contributed by atoms with E-state index in [1.54, 1.807) is 17.9 Å². The number of piperazine rings is 1. The molecule has 0 unspecified atom stereocenters. The van der Waals surface area contributed by atoms with Gasteiger partial charge in [-0.05, 0) is 55.5 Å². The second-order valence-corrected chi connectivity index (χ2v) is 11.8. The van der Waals surface area contributed by atoms with Crippen LogP contribution in [0.15, 0.2) is 36.5 Å². The Labute approximate surface area is 258 Å². The minimum absolute atomic E-state index is 0.0411. The summed E-state index contributed by atoms with van der Waals surface area (Å²) in [5.41, 5.74) is -0.537. The average molecular weight is 640 g/mol. The molecule has 0 bridgehead atoms. The number of aromatic nitrogens is 1. The van der Waals surface area contributed by atoms with Gasteiger partial charge in [-0.1, -0.05) is 13.0 Å². The number of anilines is 1. The topological polar surface area (TPSA) is 104 Å². The molecule has 2 aliphatic rings. The lowest BCUT2D eigenvalue weighted by molar-refractivity contribution is -0.150. The minimum Gasteiger partial charge on any atom is -0.481 e. The van der Waals surface area contributed by atoms with Gasteiger partial charge in [0.15, 0.2) is 0 Å². The van der Waals surface area contributed by atoms with Crippen LogP contribution in [0, 0.1) is 11.7 Å². The number of halogens is 5. The number of carbonyl (C=O) groups excluding carboxylic acids is 3. The van der Waals surface area contributed by atoms with Gasteiger partial charge in [0.1, 0.15) is 11.9 Å². The number of hydrogen-bond acceptors (Lipinski definition) is 6. The van der Waals surface area contributed by atoms with E-state index < -0.39 is 59.8 Å². The van der Waals surface area contributed by atoms with Crippen LogP contribution < -0.4 is 15.4 Å². The summed E-state index contributed by atoms with van der Waals surface area (Å²) < 4.78 is 78.0. The van der Waals surface area contributed by atoms with Crippen LogP contribution in [0.1, 0.15) is 56.1 Å². The fraction of sp³-hybridized carbons (Fsp3) is 0.548. The number of nitrogens with one attached hydrogen (secondary N) is 2. The van der Waals surface area contributed by atoms with Gasteiger partial charge in [0.05, 0.1) is 12.8 Å². The third-order valence-corrected chi connectivity index (χ3v) is 8.55. The molecular weight excluding hydrogens is 601 g/mol. The average Bonchev–Trinajstić information content (AvgIpc) is 3.01. The van der Waals surface area contributed by atoms with Crippen molar-refractivity contribution >= 4 is 23.4 Å². The Kier molecular flexibility index (Phi) is 10.7. The van der Waals surface area contributed by atoms with Crippen LogP contribution in [-0.4, -0.2) is 84.8 Å². The predicted octanol–water partition coefficient (Wildman–Crippen LogP) is 4.54. The van der Waals surface area contributed by atoms with Gasteiger partial charge in [-0.15, -0.1) is 0 Å². The highest BCUT2D eigenvalue weighted by atomic mass is 19.3. The molecule has 9 nitrogen and oxygen atoms in total. The van der Waals surface area contributed by atoms with Crippen molar-refractivity contribution in [3.05, 3.63) is 53.5 Å². The van der Waals surface area contributed by atoms with Crippen molar-refractivity contribution < 1.29 is 41.1 Å². The highest BCUT2D eigenvalue weighted by Crippen LogP contribution is 2.38. The molecular formula is C31H38F5N5O4. The minimum atomic E-state index is -4.12. The van der Waals surface area contributed by atoms with E-state index in [1.807, 2.05) is 12.4 Å². The van der Waals surface area contributed by atoms with Crippen molar-refractivity contribution in [3.8, 4) is 5.88 Å². The normalized spacial score (nSPS) is 19.0. The Bertz CT molecular complexity index is 1360. The van der Waals surface area contributed by atoms with Crippen molar-refractivity contribution in [2.24, 2.45) is 5.92 Å². The summed E-state index contributed by atoms with van der Waals surface area (Å²) in [7, 11) is 3.27. The maximum absolute atomic E-state index is 15.2. The molecule has 2 aromatic rings. The largest absolute Gasteiger partial charge is 0.481 e. The number of hydrogen-bond donors (Lipinski definition) is 2. The van der Waals surface area contributed by atoms with E-state index in [0.29, 0.717) is 18.7 Å². The first kappa shape index (κ1) is 34.1. The summed E-state index contributed by atoms with van der Waals surface area (Å²) in [6, 6.07) is 4.44. The molecule has 45 heavy (non-hydrogen) atoms. The molecule has 14 heteroatoms. The number of likely N-dealkylation sites (N-methyl/N-ethyl adjacent to an activating group) is 1. The number of pyridine rings is 1. The maximum Gasteiger partial charge on any atom is 0.351 e. The van der Waals surface area contributed by atoms with E-state index in [4.69, 9.17) is 4.74 Å². The lowest BCUT2D eigenvalue weighted by Crippen LogP contribution is -2.53. The summed E-state index contributed by atoms with van der Waals surface area (Å²) in [6.07, 6.45) is -0.713. The van der Waals surface area contributed by atoms with Crippen LogP contribution in [0.3, 0.4) is 0 Å². The smallest absolute Gasteiger partial charge is 0.351 e. The third kappa shape index (κ3) is 8.47. The predicted molar refractivity (Wildman–Crippen MR) is 156 cm³/mol. The van der Waals surface area contributed by atoms with Crippen LogP contribution in [0.4, 0.5) is 27.6 Å². The molecule has 1 saturated carbocycles. The Balaban J connectivity index is 1.47. The molecule has 1 aromatic heterocycles. The van der Waals surface area contributed by atoms with E-state index in [2.05, 4.69) is 15.2 Å². The fourth-order valence-corrected chi connectivity index (χ4v) is 5.56. The summed E-state index contributed by atoms with van der Waals surface area (Å²) in [5.74, 6) is -12.0. The van der Waals surface area contributed by atoms with E-state index in [9.17, 15) is 23.2 Å². The monoisotopic (exact) mass is 639 g/mol. The Hall–Kier alpha value is -3.81. The zero-order valence-corrected chi connectivity index (χ0v) is 25.4. The number of carbonyl (C=O) groups is 3. The Morgan fingerprint density at radius 1 is 1.09 bits per heavy atom. The van der Waals surface area contributed by atoms with E-state index >= 15 is 13.2 Å². The Morgan fingerprint density at radius 3 is 2.33 bits per heavy atom. The molecule has 2 atom stereocenters. The van der Waals surface area contributed by atoms with Crippen LogP contribution in [-0.2, 0) is 20.3 Å². The molecule has 1 aliphatic carbocycles. The van der Waals surface area contributed by atoms with Crippen LogP contribution in [0.2, 0.25) is 0 Å². The fourth-order valence-electron chi connectivity index (χ4n) is 5.56. The molecule has 4 rings (SSSR count). The van der Waals surface area contributed by atoms with Crippen LogP contribution in [0.25, 0.3) is 0 Å². The summed E-state index contributed by atoms with van der Waals surface area (Å²) in [6.45, 7) is 4.54. The summed E-state index contributed by atoms with van der Waals surface area (Å²) in [5, 5.41) is 4.37. The maximum atomic E-state index is 15.2. The lowest BCUT2D eigenvalue weighted by atomic mass is 9.81. The molecule has 2 fully saturated rings. The lowest BCUT2D eigenvalue weighted by Gasteiger charge is -2.34. The molecule has 2 N–H and O–H groups in total. The molecule has 1 aliphatic heterocycles. The number of ether oxygens (including phenoxy) is 1. The van der Waals surface area contributed by atoms with Gasteiger partial charge >= 0.3 is 5.92 Å². The molecule has 0 spiro atoms. The first-order valence-corrected chi connectivity index (χ1v) is 14.8. The number of methoxy groups -OCH3 is 1. The Morgan fingerprint density at radius 2 is 1.76 bits per heavy atom. The summed E-state index contributed by atoms with van der Waals surface area (Å²) in [4.78, 5) is 46.5. The van der Waals surface area contributed by atoms with Crippen molar-refractivity contribution in [1.82, 2.24) is 20.1 Å². The van der Waals surface area contributed by atoms with E-state index in [0.717, 1.165) is 31.4 Å². The standard InChI is InChI=1S/C31H38F5N5O4/c1-19(16-26(42)41-14-12-40(2)13-15-41)21-4-6-24(23(32)17-21)38-28(43)27(20-8-10-30(33,34)11-9-20)39-29(44)31(35,36)22-5-7-25(45-3)37-18-22/h4-7,17-20,27H,8-16H2,1-3H3,(H,38,43)(H,39,44)/t19-,27+/m1/s1. The van der Waals surface area contributed by atoms with Crippen molar-refractivity contribution in [2.75, 3.05) is 45.7 Å². The SMILES string of the molecule is COc1ccc(C(F)(F)C(=O)N[C@H](C(=O)Nc2ccc([C@H](C)CC(=O)N3CCN(C)CC3)cc2F)C2CCC(F)(F)CC2)cn1. The molecule has 2 heterocycles. The number of nitrogens with zero attached hydrogens (tertiary/aromatic N) is 3. The first-order valence-electron chi connectivity index (χ1n) is 14.8.